The monoisotopic (exact) mass is 272 g/mol. The second-order valence-corrected chi connectivity index (χ2v) is 6.59. The molecular weight excluding hydrogens is 252 g/mol. The first-order valence-corrected chi connectivity index (χ1v) is 7.46. The van der Waals surface area contributed by atoms with Crippen LogP contribution >= 0.6 is 11.8 Å². The van der Waals surface area contributed by atoms with Gasteiger partial charge >= 0.3 is 12.0 Å². The number of hydrogen-bond acceptors (Lipinski definition) is 3. The Morgan fingerprint density at radius 1 is 1.39 bits per heavy atom. The maximum atomic E-state index is 12.4. The number of carbonyl (C=O) groups is 2. The molecule has 18 heavy (non-hydrogen) atoms. The van der Waals surface area contributed by atoms with Crippen molar-refractivity contribution in [1.29, 1.82) is 0 Å². The van der Waals surface area contributed by atoms with E-state index in [1.54, 1.807) is 11.8 Å². The Balaban J connectivity index is 2.01. The molecule has 0 radical (unpaired) electrons. The number of amides is 2. The molecule has 1 N–H and O–H groups in total. The van der Waals surface area contributed by atoms with E-state index in [0.29, 0.717) is 19.5 Å². The van der Waals surface area contributed by atoms with Gasteiger partial charge in [-0.1, -0.05) is 0 Å². The van der Waals surface area contributed by atoms with Crippen molar-refractivity contribution in [3.8, 4) is 0 Å². The molecule has 0 spiro atoms. The Kier molecular flexibility index (Phi) is 3.75. The smallest absolute Gasteiger partial charge is 0.320 e. The van der Waals surface area contributed by atoms with E-state index in [0.717, 1.165) is 18.1 Å². The van der Waals surface area contributed by atoms with E-state index >= 15 is 0 Å². The van der Waals surface area contributed by atoms with Gasteiger partial charge < -0.3 is 14.9 Å². The molecule has 0 bridgehead atoms. The topological polar surface area (TPSA) is 60.9 Å². The van der Waals surface area contributed by atoms with Crippen molar-refractivity contribution in [3.63, 3.8) is 0 Å². The normalized spacial score (nSPS) is 32.7. The summed E-state index contributed by atoms with van der Waals surface area (Å²) in [7, 11) is 0. The van der Waals surface area contributed by atoms with Gasteiger partial charge in [0.1, 0.15) is 0 Å². The first-order valence-electron chi connectivity index (χ1n) is 6.31. The lowest BCUT2D eigenvalue weighted by atomic mass is 9.90. The lowest BCUT2D eigenvalue weighted by Gasteiger charge is -2.36. The van der Waals surface area contributed by atoms with E-state index in [2.05, 4.69) is 6.92 Å². The molecule has 2 fully saturated rings. The molecule has 0 saturated carbocycles. The Hall–Kier alpha value is -0.910. The van der Waals surface area contributed by atoms with Gasteiger partial charge in [0.25, 0.3) is 0 Å². The molecule has 0 aliphatic carbocycles. The summed E-state index contributed by atoms with van der Waals surface area (Å²) in [5.41, 5.74) is -0.774. The highest BCUT2D eigenvalue weighted by atomic mass is 32.2. The van der Waals surface area contributed by atoms with Gasteiger partial charge in [-0.3, -0.25) is 4.79 Å². The number of carboxylic acids is 1. The van der Waals surface area contributed by atoms with Crippen LogP contribution in [0.5, 0.6) is 0 Å². The molecule has 0 aromatic heterocycles. The molecule has 2 rings (SSSR count). The van der Waals surface area contributed by atoms with Gasteiger partial charge in [-0.15, -0.1) is 0 Å². The molecule has 2 atom stereocenters. The molecular formula is C12H20N2O3S. The Morgan fingerprint density at radius 3 is 2.67 bits per heavy atom. The lowest BCUT2D eigenvalue weighted by Crippen LogP contribution is -2.50. The van der Waals surface area contributed by atoms with Crippen LogP contribution in [-0.4, -0.2) is 64.1 Å². The minimum Gasteiger partial charge on any atom is -0.481 e. The molecule has 2 unspecified atom stereocenters. The van der Waals surface area contributed by atoms with E-state index in [-0.39, 0.29) is 12.1 Å². The molecule has 2 saturated heterocycles. The summed E-state index contributed by atoms with van der Waals surface area (Å²) < 4.78 is 0. The van der Waals surface area contributed by atoms with Crippen LogP contribution in [0.3, 0.4) is 0 Å². The molecule has 102 valence electrons. The summed E-state index contributed by atoms with van der Waals surface area (Å²) in [6, 6.07) is 0.251. The van der Waals surface area contributed by atoms with Crippen LogP contribution in [0.2, 0.25) is 0 Å². The van der Waals surface area contributed by atoms with Crippen LogP contribution < -0.4 is 0 Å². The van der Waals surface area contributed by atoms with E-state index < -0.39 is 11.4 Å². The number of aliphatic carboxylic acids is 1. The van der Waals surface area contributed by atoms with Gasteiger partial charge in [0.2, 0.25) is 0 Å². The van der Waals surface area contributed by atoms with E-state index in [4.69, 9.17) is 0 Å². The van der Waals surface area contributed by atoms with E-state index in [1.807, 2.05) is 16.7 Å². The van der Waals surface area contributed by atoms with Crippen molar-refractivity contribution >= 4 is 23.8 Å². The molecule has 2 heterocycles. The fourth-order valence-electron chi connectivity index (χ4n) is 2.49. The summed E-state index contributed by atoms with van der Waals surface area (Å²) in [5, 5.41) is 9.18. The van der Waals surface area contributed by atoms with Crippen molar-refractivity contribution in [2.45, 2.75) is 26.3 Å². The molecule has 2 aliphatic heterocycles. The van der Waals surface area contributed by atoms with Crippen molar-refractivity contribution in [1.82, 2.24) is 9.80 Å². The molecule has 2 aliphatic rings. The van der Waals surface area contributed by atoms with Crippen LogP contribution in [0, 0.1) is 5.41 Å². The molecule has 0 aromatic carbocycles. The van der Waals surface area contributed by atoms with Crippen LogP contribution in [-0.2, 0) is 4.79 Å². The number of thioether (sulfide) groups is 1. The second-order valence-electron chi connectivity index (χ2n) is 5.44. The van der Waals surface area contributed by atoms with Crippen molar-refractivity contribution in [2.24, 2.45) is 5.41 Å². The van der Waals surface area contributed by atoms with Gasteiger partial charge in [-0.2, -0.15) is 11.8 Å². The summed E-state index contributed by atoms with van der Waals surface area (Å²) in [4.78, 5) is 27.1. The highest BCUT2D eigenvalue weighted by Gasteiger charge is 2.43. The number of likely N-dealkylation sites (tertiary alicyclic amines) is 1. The summed E-state index contributed by atoms with van der Waals surface area (Å²) in [6.45, 7) is 5.43. The van der Waals surface area contributed by atoms with Crippen LogP contribution in [0.4, 0.5) is 4.79 Å². The first kappa shape index (κ1) is 13.5. The highest BCUT2D eigenvalue weighted by molar-refractivity contribution is 7.99. The zero-order valence-corrected chi connectivity index (χ0v) is 11.7. The average molecular weight is 272 g/mol. The summed E-state index contributed by atoms with van der Waals surface area (Å²) >= 11 is 1.86. The average Bonchev–Trinajstić information content (AvgIpc) is 2.73. The molecule has 6 heteroatoms. The standard InChI is InChI=1S/C12H20N2O3S/c1-9-7-18-6-5-14(9)11(17)13-4-3-12(2,8-13)10(15)16/h9H,3-8H2,1-2H3,(H,15,16). The van der Waals surface area contributed by atoms with Gasteiger partial charge in [-0.05, 0) is 20.3 Å². The van der Waals surface area contributed by atoms with Crippen molar-refractivity contribution in [3.05, 3.63) is 0 Å². The molecule has 5 nitrogen and oxygen atoms in total. The zero-order chi connectivity index (χ0) is 13.3. The molecule has 2 amide bonds. The number of carboxylic acid groups (broad SMARTS) is 1. The summed E-state index contributed by atoms with van der Waals surface area (Å²) in [5.74, 6) is 1.13. The Labute approximate surface area is 112 Å². The van der Waals surface area contributed by atoms with E-state index in [1.165, 1.54) is 0 Å². The number of hydrogen-bond donors (Lipinski definition) is 1. The zero-order valence-electron chi connectivity index (χ0n) is 10.9. The van der Waals surface area contributed by atoms with Crippen LogP contribution in [0.1, 0.15) is 20.3 Å². The fraction of sp³-hybridized carbons (Fsp3) is 0.833. The number of nitrogens with zero attached hydrogens (tertiary/aromatic N) is 2. The minimum absolute atomic E-state index is 0.00720. The maximum absolute atomic E-state index is 12.4. The quantitative estimate of drug-likeness (QED) is 0.782. The van der Waals surface area contributed by atoms with Gasteiger partial charge in [-0.25, -0.2) is 4.79 Å². The third-order valence-corrected chi connectivity index (χ3v) is 5.06. The van der Waals surface area contributed by atoms with E-state index in [9.17, 15) is 14.7 Å². The number of rotatable bonds is 1. The lowest BCUT2D eigenvalue weighted by molar-refractivity contribution is -0.147. The van der Waals surface area contributed by atoms with Crippen LogP contribution in [0.25, 0.3) is 0 Å². The predicted octanol–water partition coefficient (Wildman–Crippen LogP) is 1.34. The van der Waals surface area contributed by atoms with Gasteiger partial charge in [0.05, 0.1) is 5.41 Å². The Morgan fingerprint density at radius 2 is 2.11 bits per heavy atom. The number of urea groups is 1. The third-order valence-electron chi connectivity index (χ3n) is 3.87. The maximum Gasteiger partial charge on any atom is 0.320 e. The molecule has 0 aromatic rings. The highest BCUT2D eigenvalue weighted by Crippen LogP contribution is 2.31. The summed E-state index contributed by atoms with van der Waals surface area (Å²) in [6.07, 6.45) is 0.547. The second kappa shape index (κ2) is 4.99. The third kappa shape index (κ3) is 2.43. The minimum atomic E-state index is -0.806. The van der Waals surface area contributed by atoms with Gasteiger partial charge in [0.15, 0.2) is 0 Å². The van der Waals surface area contributed by atoms with Crippen LogP contribution in [0.15, 0.2) is 0 Å². The Bertz CT molecular complexity index is 363. The number of carbonyl (C=O) groups excluding carboxylic acids is 1. The largest absolute Gasteiger partial charge is 0.481 e. The SMILES string of the molecule is CC1CSCCN1C(=O)N1CCC(C)(C(=O)O)C1. The fourth-order valence-corrected chi connectivity index (χ4v) is 3.51. The van der Waals surface area contributed by atoms with Gasteiger partial charge in [0, 0.05) is 37.2 Å². The predicted molar refractivity (Wildman–Crippen MR) is 70.8 cm³/mol. The van der Waals surface area contributed by atoms with Crippen molar-refractivity contribution in [2.75, 3.05) is 31.1 Å². The first-order chi connectivity index (χ1) is 8.44. The van der Waals surface area contributed by atoms with Crippen molar-refractivity contribution < 1.29 is 14.7 Å².